The van der Waals surface area contributed by atoms with Gasteiger partial charge in [0.2, 0.25) is 0 Å². The van der Waals surface area contributed by atoms with Crippen LogP contribution in [0.25, 0.3) is 16.8 Å². The van der Waals surface area contributed by atoms with Gasteiger partial charge in [0.25, 0.3) is 0 Å². The van der Waals surface area contributed by atoms with Crippen molar-refractivity contribution in [3.63, 3.8) is 0 Å². The molecule has 5 nitrogen and oxygen atoms in total. The molecule has 0 unspecified atom stereocenters. The average molecular weight is 303 g/mol. The largest absolute Gasteiger partial charge is 0.507 e. The predicted octanol–water partition coefficient (Wildman–Crippen LogP) is 3.51. The summed E-state index contributed by atoms with van der Waals surface area (Å²) in [6.45, 7) is 4.00. The summed E-state index contributed by atoms with van der Waals surface area (Å²) >= 11 is 0. The van der Waals surface area contributed by atoms with E-state index in [9.17, 15) is 15.0 Å². The molecule has 0 fully saturated rings. The fourth-order valence-corrected chi connectivity index (χ4v) is 2.06. The van der Waals surface area contributed by atoms with Crippen molar-refractivity contribution in [2.24, 2.45) is 0 Å². The standard InChI is InChI=1S/C15H15NO4.C2H6/c1-16-13-11(7-8-12(17)20-2)14(18)9-5-3-4-6-10(9)15(13)19;1-2/h3-8,16,18-19H,1-2H3;1-2H3/b8-7+;. The van der Waals surface area contributed by atoms with E-state index in [0.29, 0.717) is 22.0 Å². The van der Waals surface area contributed by atoms with Gasteiger partial charge in [-0.2, -0.15) is 0 Å². The first-order valence-electron chi connectivity index (χ1n) is 7.00. The number of anilines is 1. The summed E-state index contributed by atoms with van der Waals surface area (Å²) in [5, 5.41) is 24.4. The van der Waals surface area contributed by atoms with Crippen LogP contribution < -0.4 is 5.32 Å². The number of phenols is 2. The predicted molar refractivity (Wildman–Crippen MR) is 89.2 cm³/mol. The second-order valence-corrected chi connectivity index (χ2v) is 4.14. The molecule has 0 aromatic heterocycles. The Morgan fingerprint density at radius 2 is 1.68 bits per heavy atom. The molecule has 2 aromatic carbocycles. The van der Waals surface area contributed by atoms with Crippen molar-refractivity contribution < 1.29 is 19.7 Å². The number of hydrogen-bond donors (Lipinski definition) is 3. The number of rotatable bonds is 3. The van der Waals surface area contributed by atoms with Crippen LogP contribution in [0.5, 0.6) is 11.5 Å². The second kappa shape index (κ2) is 7.93. The molecule has 3 N–H and O–H groups in total. The Labute approximate surface area is 129 Å². The minimum atomic E-state index is -0.542. The van der Waals surface area contributed by atoms with Crippen LogP contribution in [0.1, 0.15) is 19.4 Å². The van der Waals surface area contributed by atoms with Crippen LogP contribution in [0.3, 0.4) is 0 Å². The Bertz CT molecular complexity index is 693. The number of hydrogen-bond acceptors (Lipinski definition) is 5. The first-order valence-corrected chi connectivity index (χ1v) is 7.00. The Balaban J connectivity index is 0.00000116. The fraction of sp³-hybridized carbons (Fsp3) is 0.235. The molecule has 2 aromatic rings. The molecule has 0 aliphatic heterocycles. The van der Waals surface area contributed by atoms with Gasteiger partial charge in [0.15, 0.2) is 0 Å². The Morgan fingerprint density at radius 1 is 1.14 bits per heavy atom. The molecule has 118 valence electrons. The summed E-state index contributed by atoms with van der Waals surface area (Å²) in [5.41, 5.74) is 0.676. The molecule has 0 aliphatic carbocycles. The zero-order valence-electron chi connectivity index (χ0n) is 13.2. The van der Waals surface area contributed by atoms with E-state index in [2.05, 4.69) is 10.1 Å². The van der Waals surface area contributed by atoms with Crippen molar-refractivity contribution in [3.05, 3.63) is 35.9 Å². The second-order valence-electron chi connectivity index (χ2n) is 4.14. The lowest BCUT2D eigenvalue weighted by atomic mass is 10.0. The third kappa shape index (κ3) is 3.31. The maximum atomic E-state index is 11.2. The lowest BCUT2D eigenvalue weighted by Crippen LogP contribution is -1.97. The van der Waals surface area contributed by atoms with Gasteiger partial charge >= 0.3 is 5.97 Å². The van der Waals surface area contributed by atoms with E-state index < -0.39 is 5.97 Å². The van der Waals surface area contributed by atoms with E-state index in [1.807, 2.05) is 13.8 Å². The van der Waals surface area contributed by atoms with E-state index in [0.717, 1.165) is 0 Å². The van der Waals surface area contributed by atoms with Gasteiger partial charge in [-0.3, -0.25) is 0 Å². The molecular weight excluding hydrogens is 282 g/mol. The SMILES string of the molecule is CC.CNc1c(/C=C/C(=O)OC)c(O)c2ccccc2c1O. The van der Waals surface area contributed by atoms with Crippen LogP contribution in [0, 0.1) is 0 Å². The first-order chi connectivity index (χ1) is 10.6. The lowest BCUT2D eigenvalue weighted by molar-refractivity contribution is -0.134. The Kier molecular flexibility index (Phi) is 6.25. The molecule has 0 radical (unpaired) electrons. The minimum Gasteiger partial charge on any atom is -0.507 e. The Hall–Kier alpha value is -2.69. The zero-order chi connectivity index (χ0) is 16.7. The number of ether oxygens (including phenoxy) is 1. The molecule has 0 atom stereocenters. The van der Waals surface area contributed by atoms with Crippen LogP contribution in [0.2, 0.25) is 0 Å². The first kappa shape index (κ1) is 17.4. The number of aromatic hydroxyl groups is 2. The van der Waals surface area contributed by atoms with Gasteiger partial charge in [0.1, 0.15) is 11.5 Å². The smallest absolute Gasteiger partial charge is 0.330 e. The number of esters is 1. The van der Waals surface area contributed by atoms with Crippen molar-refractivity contribution >= 4 is 28.5 Å². The highest BCUT2D eigenvalue weighted by atomic mass is 16.5. The summed E-state index contributed by atoms with van der Waals surface area (Å²) in [6.07, 6.45) is 2.59. The van der Waals surface area contributed by atoms with Gasteiger partial charge in [-0.25, -0.2) is 4.79 Å². The van der Waals surface area contributed by atoms with Crippen molar-refractivity contribution in [1.29, 1.82) is 0 Å². The molecule has 22 heavy (non-hydrogen) atoms. The number of phenolic OH excluding ortho intramolecular Hbond substituents is 2. The van der Waals surface area contributed by atoms with Crippen molar-refractivity contribution in [2.75, 3.05) is 19.5 Å². The van der Waals surface area contributed by atoms with E-state index in [-0.39, 0.29) is 11.5 Å². The molecule has 2 rings (SSSR count). The summed E-state index contributed by atoms with van der Waals surface area (Å²) < 4.78 is 4.51. The third-order valence-corrected chi connectivity index (χ3v) is 3.04. The van der Waals surface area contributed by atoms with Crippen LogP contribution in [0.15, 0.2) is 30.3 Å². The summed E-state index contributed by atoms with van der Waals surface area (Å²) in [6, 6.07) is 6.93. The number of carbonyl (C=O) groups excluding carboxylic acids is 1. The molecule has 0 amide bonds. The number of methoxy groups -OCH3 is 1. The topological polar surface area (TPSA) is 78.8 Å². The van der Waals surface area contributed by atoms with Gasteiger partial charge in [0, 0.05) is 29.5 Å². The van der Waals surface area contributed by atoms with Crippen molar-refractivity contribution in [3.8, 4) is 11.5 Å². The van der Waals surface area contributed by atoms with E-state index >= 15 is 0 Å². The highest BCUT2D eigenvalue weighted by Crippen LogP contribution is 2.43. The summed E-state index contributed by atoms with van der Waals surface area (Å²) in [7, 11) is 2.89. The highest BCUT2D eigenvalue weighted by Gasteiger charge is 2.16. The molecule has 0 saturated heterocycles. The summed E-state index contributed by atoms with van der Waals surface area (Å²) in [4.78, 5) is 11.2. The van der Waals surface area contributed by atoms with Gasteiger partial charge in [-0.15, -0.1) is 0 Å². The van der Waals surface area contributed by atoms with Gasteiger partial charge in [-0.1, -0.05) is 38.1 Å². The molecule has 0 spiro atoms. The van der Waals surface area contributed by atoms with Crippen LogP contribution in [-0.4, -0.2) is 30.3 Å². The van der Waals surface area contributed by atoms with Crippen LogP contribution in [-0.2, 0) is 9.53 Å². The average Bonchev–Trinajstić information content (AvgIpc) is 2.58. The van der Waals surface area contributed by atoms with Gasteiger partial charge in [0.05, 0.1) is 12.8 Å². The van der Waals surface area contributed by atoms with Crippen LogP contribution in [0.4, 0.5) is 5.69 Å². The Morgan fingerprint density at radius 3 is 2.18 bits per heavy atom. The van der Waals surface area contributed by atoms with Gasteiger partial charge in [-0.05, 0) is 6.08 Å². The van der Waals surface area contributed by atoms with Gasteiger partial charge < -0.3 is 20.3 Å². The van der Waals surface area contributed by atoms with E-state index in [4.69, 9.17) is 0 Å². The highest BCUT2D eigenvalue weighted by molar-refractivity contribution is 6.03. The van der Waals surface area contributed by atoms with Crippen molar-refractivity contribution in [1.82, 2.24) is 0 Å². The fourth-order valence-electron chi connectivity index (χ4n) is 2.06. The monoisotopic (exact) mass is 303 g/mol. The molecule has 0 bridgehead atoms. The zero-order valence-corrected chi connectivity index (χ0v) is 13.2. The molecule has 0 heterocycles. The molecule has 0 aliphatic rings. The molecular formula is C17H21NO4. The molecule has 0 saturated carbocycles. The number of fused-ring (bicyclic) bond motifs is 1. The number of benzene rings is 2. The van der Waals surface area contributed by atoms with Crippen LogP contribution >= 0.6 is 0 Å². The maximum Gasteiger partial charge on any atom is 0.330 e. The maximum absolute atomic E-state index is 11.2. The number of nitrogens with one attached hydrogen (secondary N) is 1. The van der Waals surface area contributed by atoms with Crippen molar-refractivity contribution in [2.45, 2.75) is 13.8 Å². The van der Waals surface area contributed by atoms with E-state index in [1.165, 1.54) is 19.3 Å². The minimum absolute atomic E-state index is 0.0112. The normalized spacial score (nSPS) is 10.2. The quantitative estimate of drug-likeness (QED) is 0.350. The number of carbonyl (C=O) groups is 1. The van der Waals surface area contributed by atoms with E-state index in [1.54, 1.807) is 31.3 Å². The summed E-state index contributed by atoms with van der Waals surface area (Å²) in [5.74, 6) is -0.535. The third-order valence-electron chi connectivity index (χ3n) is 3.04. The molecule has 5 heteroatoms. The lowest BCUT2D eigenvalue weighted by Gasteiger charge is -2.14.